The van der Waals surface area contributed by atoms with E-state index in [1.165, 1.54) is 38.6 Å². The van der Waals surface area contributed by atoms with E-state index in [0.29, 0.717) is 6.61 Å². The number of carbonyl (C=O) groups excluding carboxylic acids is 1. The van der Waals surface area contributed by atoms with Crippen LogP contribution in [0.5, 0.6) is 0 Å². The van der Waals surface area contributed by atoms with Crippen LogP contribution in [0.3, 0.4) is 0 Å². The number of piperidine rings is 1. The summed E-state index contributed by atoms with van der Waals surface area (Å²) in [6.45, 7) is 4.38. The fourth-order valence-corrected chi connectivity index (χ4v) is 3.26. The maximum absolute atomic E-state index is 11.2. The topological polar surface area (TPSA) is 29.5 Å². The molecule has 96 valence electrons. The minimum atomic E-state index is -0.215. The van der Waals surface area contributed by atoms with Crippen molar-refractivity contribution in [3.8, 4) is 0 Å². The third kappa shape index (κ3) is 3.32. The molecule has 0 N–H and O–H groups in total. The second-order valence-corrected chi connectivity index (χ2v) is 5.05. The molecule has 3 nitrogen and oxygen atoms in total. The van der Waals surface area contributed by atoms with Gasteiger partial charge in [0.25, 0.3) is 0 Å². The van der Waals surface area contributed by atoms with Crippen LogP contribution in [0.1, 0.15) is 39.0 Å². The molecule has 2 unspecified atom stereocenters. The first kappa shape index (κ1) is 12.6. The quantitative estimate of drug-likeness (QED) is 0.555. The molecule has 1 saturated carbocycles. The molecule has 0 amide bonds. The molecular formula is C14H23NO2. The first-order chi connectivity index (χ1) is 8.31. The lowest BCUT2D eigenvalue weighted by Crippen LogP contribution is -2.42. The first-order valence-electron chi connectivity index (χ1n) is 6.88. The van der Waals surface area contributed by atoms with Crippen LogP contribution >= 0.6 is 0 Å². The van der Waals surface area contributed by atoms with Crippen molar-refractivity contribution >= 4 is 5.97 Å². The molecule has 2 atom stereocenters. The summed E-state index contributed by atoms with van der Waals surface area (Å²) in [6, 6.07) is 0.774. The van der Waals surface area contributed by atoms with Crippen LogP contribution in [0.2, 0.25) is 0 Å². The van der Waals surface area contributed by atoms with E-state index in [-0.39, 0.29) is 5.97 Å². The number of nitrogens with zero attached hydrogens (tertiary/aromatic N) is 1. The van der Waals surface area contributed by atoms with E-state index in [0.717, 1.165) is 18.5 Å². The number of fused-ring (bicyclic) bond motifs is 1. The molecule has 2 fully saturated rings. The zero-order valence-electron chi connectivity index (χ0n) is 10.7. The summed E-state index contributed by atoms with van der Waals surface area (Å²) in [4.78, 5) is 13.7. The molecule has 1 aliphatic heterocycles. The van der Waals surface area contributed by atoms with E-state index >= 15 is 0 Å². The molecule has 1 aliphatic carbocycles. The van der Waals surface area contributed by atoms with Gasteiger partial charge in [0.15, 0.2) is 0 Å². The SMILES string of the molecule is CCOC(=O)/C=C/CN1CCCC2CCCC21. The zero-order valence-corrected chi connectivity index (χ0v) is 10.7. The van der Waals surface area contributed by atoms with Crippen LogP contribution in [0, 0.1) is 5.92 Å². The van der Waals surface area contributed by atoms with Gasteiger partial charge in [-0.15, -0.1) is 0 Å². The average Bonchev–Trinajstić information content (AvgIpc) is 2.78. The highest BCUT2D eigenvalue weighted by Crippen LogP contribution is 2.36. The van der Waals surface area contributed by atoms with Gasteiger partial charge in [-0.2, -0.15) is 0 Å². The fourth-order valence-electron chi connectivity index (χ4n) is 3.26. The van der Waals surface area contributed by atoms with Crippen molar-refractivity contribution in [1.82, 2.24) is 4.90 Å². The average molecular weight is 237 g/mol. The lowest BCUT2D eigenvalue weighted by molar-refractivity contribution is -0.137. The summed E-state index contributed by atoms with van der Waals surface area (Å²) >= 11 is 0. The molecule has 0 aromatic heterocycles. The Hall–Kier alpha value is -0.830. The van der Waals surface area contributed by atoms with Crippen LogP contribution in [0.4, 0.5) is 0 Å². The van der Waals surface area contributed by atoms with Crippen LogP contribution in [0.25, 0.3) is 0 Å². The van der Waals surface area contributed by atoms with Crippen LogP contribution in [-0.2, 0) is 9.53 Å². The number of esters is 1. The molecule has 1 saturated heterocycles. The van der Waals surface area contributed by atoms with Gasteiger partial charge in [-0.05, 0) is 45.1 Å². The van der Waals surface area contributed by atoms with Crippen molar-refractivity contribution in [1.29, 1.82) is 0 Å². The number of carbonyl (C=O) groups is 1. The van der Waals surface area contributed by atoms with Crippen LogP contribution in [-0.4, -0.2) is 36.6 Å². The molecule has 2 aliphatic rings. The largest absolute Gasteiger partial charge is 0.463 e. The van der Waals surface area contributed by atoms with Crippen molar-refractivity contribution in [3.63, 3.8) is 0 Å². The van der Waals surface area contributed by atoms with Crippen molar-refractivity contribution in [2.24, 2.45) is 5.92 Å². The molecule has 17 heavy (non-hydrogen) atoms. The standard InChI is InChI=1S/C14H23NO2/c1-2-17-14(16)9-5-11-15-10-4-7-12-6-3-8-13(12)15/h5,9,12-13H,2-4,6-8,10-11H2,1H3/b9-5+. The Kier molecular flexibility index (Phi) is 4.60. The van der Waals surface area contributed by atoms with Gasteiger partial charge < -0.3 is 4.74 Å². The minimum Gasteiger partial charge on any atom is -0.463 e. The number of ether oxygens (including phenoxy) is 1. The summed E-state index contributed by atoms with van der Waals surface area (Å²) < 4.78 is 4.87. The van der Waals surface area contributed by atoms with E-state index in [4.69, 9.17) is 4.74 Å². The van der Waals surface area contributed by atoms with Crippen molar-refractivity contribution in [2.45, 2.75) is 45.1 Å². The van der Waals surface area contributed by atoms with E-state index in [1.54, 1.807) is 6.08 Å². The lowest BCUT2D eigenvalue weighted by Gasteiger charge is -2.37. The summed E-state index contributed by atoms with van der Waals surface area (Å²) in [6.07, 6.45) is 10.4. The van der Waals surface area contributed by atoms with Gasteiger partial charge >= 0.3 is 5.97 Å². The van der Waals surface area contributed by atoms with Gasteiger partial charge in [-0.25, -0.2) is 4.79 Å². The zero-order chi connectivity index (χ0) is 12.1. The van der Waals surface area contributed by atoms with Gasteiger partial charge in [-0.3, -0.25) is 4.90 Å². The fraction of sp³-hybridized carbons (Fsp3) is 0.786. The van der Waals surface area contributed by atoms with Gasteiger partial charge in [-0.1, -0.05) is 12.5 Å². The van der Waals surface area contributed by atoms with Gasteiger partial charge in [0.2, 0.25) is 0 Å². The van der Waals surface area contributed by atoms with E-state index in [9.17, 15) is 4.79 Å². The Balaban J connectivity index is 1.80. The summed E-state index contributed by atoms with van der Waals surface area (Å²) in [5.74, 6) is 0.701. The minimum absolute atomic E-state index is 0.215. The second-order valence-electron chi connectivity index (χ2n) is 5.05. The van der Waals surface area contributed by atoms with E-state index in [2.05, 4.69) is 4.90 Å². The maximum Gasteiger partial charge on any atom is 0.330 e. The van der Waals surface area contributed by atoms with E-state index in [1.807, 2.05) is 13.0 Å². The Labute approximate surface area is 104 Å². The van der Waals surface area contributed by atoms with Crippen molar-refractivity contribution in [2.75, 3.05) is 19.7 Å². The Morgan fingerprint density at radius 2 is 2.18 bits per heavy atom. The number of hydrogen-bond acceptors (Lipinski definition) is 3. The van der Waals surface area contributed by atoms with Crippen molar-refractivity contribution < 1.29 is 9.53 Å². The summed E-state index contributed by atoms with van der Waals surface area (Å²) in [7, 11) is 0. The maximum atomic E-state index is 11.2. The number of hydrogen-bond donors (Lipinski definition) is 0. The molecule has 0 bridgehead atoms. The number of likely N-dealkylation sites (tertiary alicyclic amines) is 1. The normalized spacial score (nSPS) is 29.5. The molecule has 0 spiro atoms. The monoisotopic (exact) mass is 237 g/mol. The van der Waals surface area contributed by atoms with Crippen molar-refractivity contribution in [3.05, 3.63) is 12.2 Å². The Morgan fingerprint density at radius 3 is 3.00 bits per heavy atom. The highest BCUT2D eigenvalue weighted by molar-refractivity contribution is 5.81. The first-order valence-corrected chi connectivity index (χ1v) is 6.88. The second kappa shape index (κ2) is 6.20. The molecule has 0 radical (unpaired) electrons. The molecule has 0 aromatic rings. The molecule has 0 aromatic carbocycles. The third-order valence-corrected chi connectivity index (χ3v) is 3.99. The number of rotatable bonds is 4. The Morgan fingerprint density at radius 1 is 1.35 bits per heavy atom. The predicted octanol–water partition coefficient (Wildman–Crippen LogP) is 2.37. The smallest absolute Gasteiger partial charge is 0.330 e. The molecular weight excluding hydrogens is 214 g/mol. The lowest BCUT2D eigenvalue weighted by atomic mass is 9.92. The highest BCUT2D eigenvalue weighted by atomic mass is 16.5. The van der Waals surface area contributed by atoms with Crippen LogP contribution in [0.15, 0.2) is 12.2 Å². The Bertz CT molecular complexity index is 288. The summed E-state index contributed by atoms with van der Waals surface area (Å²) in [5.41, 5.74) is 0. The molecule has 1 heterocycles. The predicted molar refractivity (Wildman–Crippen MR) is 67.7 cm³/mol. The van der Waals surface area contributed by atoms with Crippen LogP contribution < -0.4 is 0 Å². The van der Waals surface area contributed by atoms with Gasteiger partial charge in [0, 0.05) is 18.7 Å². The molecule has 2 rings (SSSR count). The van der Waals surface area contributed by atoms with E-state index < -0.39 is 0 Å². The third-order valence-electron chi connectivity index (χ3n) is 3.99. The molecule has 3 heteroatoms. The summed E-state index contributed by atoms with van der Waals surface area (Å²) in [5, 5.41) is 0. The highest BCUT2D eigenvalue weighted by Gasteiger charge is 2.34. The van der Waals surface area contributed by atoms with Gasteiger partial charge in [0.1, 0.15) is 0 Å². The van der Waals surface area contributed by atoms with Gasteiger partial charge in [0.05, 0.1) is 6.61 Å².